The van der Waals surface area contributed by atoms with Crippen molar-refractivity contribution in [1.29, 1.82) is 0 Å². The van der Waals surface area contributed by atoms with Crippen molar-refractivity contribution in [3.05, 3.63) is 35.4 Å². The van der Waals surface area contributed by atoms with E-state index in [9.17, 15) is 0 Å². The highest BCUT2D eigenvalue weighted by atomic mass is 15.1. The SMILES string of the molecule is Cc1ccccc1C12CCCC(C1)N2. The van der Waals surface area contributed by atoms with Crippen molar-refractivity contribution >= 4 is 0 Å². The fourth-order valence-electron chi connectivity index (χ4n) is 3.22. The molecule has 2 atom stereocenters. The first-order valence-corrected chi connectivity index (χ1v) is 5.64. The van der Waals surface area contributed by atoms with Crippen molar-refractivity contribution in [3.63, 3.8) is 0 Å². The van der Waals surface area contributed by atoms with E-state index in [-0.39, 0.29) is 0 Å². The molecule has 3 aliphatic rings. The molecule has 1 aromatic carbocycles. The molecule has 2 saturated heterocycles. The number of hydrogen-bond donors (Lipinski definition) is 1. The van der Waals surface area contributed by atoms with E-state index in [1.165, 1.54) is 36.8 Å². The predicted octanol–water partition coefficient (Wildman–Crippen LogP) is 2.74. The number of benzene rings is 1. The maximum absolute atomic E-state index is 3.75. The Kier molecular flexibility index (Phi) is 1.72. The summed E-state index contributed by atoms with van der Waals surface area (Å²) in [6.07, 6.45) is 5.46. The summed E-state index contributed by atoms with van der Waals surface area (Å²) in [5.41, 5.74) is 3.34. The van der Waals surface area contributed by atoms with E-state index in [1.807, 2.05) is 0 Å². The van der Waals surface area contributed by atoms with Crippen molar-refractivity contribution in [2.45, 2.75) is 44.2 Å². The van der Waals surface area contributed by atoms with Crippen LogP contribution in [0.1, 0.15) is 36.8 Å². The first-order valence-electron chi connectivity index (χ1n) is 5.64. The highest BCUT2D eigenvalue weighted by Gasteiger charge is 2.47. The summed E-state index contributed by atoms with van der Waals surface area (Å²) in [6.45, 7) is 2.23. The second-order valence-electron chi connectivity index (χ2n) is 4.83. The Labute approximate surface area is 85.5 Å². The zero-order valence-electron chi connectivity index (χ0n) is 8.72. The predicted molar refractivity (Wildman–Crippen MR) is 58.2 cm³/mol. The fourth-order valence-corrected chi connectivity index (χ4v) is 3.22. The van der Waals surface area contributed by atoms with Crippen molar-refractivity contribution < 1.29 is 0 Å². The van der Waals surface area contributed by atoms with E-state index in [0.717, 1.165) is 6.04 Å². The molecule has 0 aromatic heterocycles. The number of piperidine rings is 1. The van der Waals surface area contributed by atoms with Crippen LogP contribution in [-0.4, -0.2) is 6.04 Å². The Bertz CT molecular complexity index is 344. The van der Waals surface area contributed by atoms with Gasteiger partial charge in [0.15, 0.2) is 0 Å². The number of hydrogen-bond acceptors (Lipinski definition) is 1. The number of aryl methyl sites for hydroxylation is 1. The molecule has 1 aliphatic carbocycles. The van der Waals surface area contributed by atoms with Gasteiger partial charge in [-0.05, 0) is 43.7 Å². The topological polar surface area (TPSA) is 12.0 Å². The first kappa shape index (κ1) is 8.49. The molecule has 1 saturated carbocycles. The smallest absolute Gasteiger partial charge is 0.0454 e. The van der Waals surface area contributed by atoms with Crippen LogP contribution in [0, 0.1) is 6.92 Å². The lowest BCUT2D eigenvalue weighted by Gasteiger charge is -2.54. The molecule has 3 fully saturated rings. The monoisotopic (exact) mass is 187 g/mol. The quantitative estimate of drug-likeness (QED) is 0.713. The van der Waals surface area contributed by atoms with Crippen molar-refractivity contribution in [2.24, 2.45) is 0 Å². The maximum atomic E-state index is 3.75. The number of rotatable bonds is 1. The van der Waals surface area contributed by atoms with Crippen molar-refractivity contribution in [3.8, 4) is 0 Å². The minimum absolute atomic E-state index is 0.355. The zero-order chi connectivity index (χ0) is 9.60. The number of nitrogens with one attached hydrogen (secondary N) is 1. The highest BCUT2D eigenvalue weighted by molar-refractivity contribution is 5.36. The van der Waals surface area contributed by atoms with Crippen LogP contribution in [0.2, 0.25) is 0 Å². The molecule has 4 rings (SSSR count). The Hall–Kier alpha value is -0.820. The lowest BCUT2D eigenvalue weighted by molar-refractivity contribution is 0.0683. The molecule has 2 bridgehead atoms. The van der Waals surface area contributed by atoms with Gasteiger partial charge in [0.2, 0.25) is 0 Å². The van der Waals surface area contributed by atoms with Gasteiger partial charge in [0.25, 0.3) is 0 Å². The molecule has 1 nitrogen and oxygen atoms in total. The van der Waals surface area contributed by atoms with Gasteiger partial charge < -0.3 is 5.32 Å². The molecule has 1 heteroatoms. The van der Waals surface area contributed by atoms with Crippen LogP contribution >= 0.6 is 0 Å². The molecule has 14 heavy (non-hydrogen) atoms. The van der Waals surface area contributed by atoms with E-state index < -0.39 is 0 Å². The van der Waals surface area contributed by atoms with Crippen LogP contribution in [0.25, 0.3) is 0 Å². The molecule has 2 aliphatic heterocycles. The van der Waals surface area contributed by atoms with Gasteiger partial charge >= 0.3 is 0 Å². The summed E-state index contributed by atoms with van der Waals surface area (Å²) in [6, 6.07) is 9.63. The molecule has 2 heterocycles. The number of fused-ring (bicyclic) bond motifs is 2. The van der Waals surface area contributed by atoms with Gasteiger partial charge in [-0.3, -0.25) is 0 Å². The van der Waals surface area contributed by atoms with Crippen LogP contribution in [0.5, 0.6) is 0 Å². The van der Waals surface area contributed by atoms with Gasteiger partial charge in [-0.1, -0.05) is 24.3 Å². The van der Waals surface area contributed by atoms with Crippen LogP contribution < -0.4 is 5.32 Å². The normalized spacial score (nSPS) is 35.1. The molecule has 1 N–H and O–H groups in total. The van der Waals surface area contributed by atoms with Gasteiger partial charge in [-0.25, -0.2) is 0 Å². The Morgan fingerprint density at radius 3 is 2.79 bits per heavy atom. The van der Waals surface area contributed by atoms with Crippen molar-refractivity contribution in [2.75, 3.05) is 0 Å². The first-order chi connectivity index (χ1) is 6.80. The van der Waals surface area contributed by atoms with Gasteiger partial charge in [0, 0.05) is 11.6 Å². The molecular formula is C13H17N. The highest BCUT2D eigenvalue weighted by Crippen LogP contribution is 2.46. The lowest BCUT2D eigenvalue weighted by atomic mass is 9.66. The summed E-state index contributed by atoms with van der Waals surface area (Å²) in [4.78, 5) is 0. The van der Waals surface area contributed by atoms with Gasteiger partial charge in [0.1, 0.15) is 0 Å². The third-order valence-corrected chi connectivity index (χ3v) is 3.89. The lowest BCUT2D eigenvalue weighted by Crippen LogP contribution is -2.64. The van der Waals surface area contributed by atoms with Crippen LogP contribution in [0.15, 0.2) is 24.3 Å². The third-order valence-electron chi connectivity index (χ3n) is 3.89. The minimum atomic E-state index is 0.355. The average molecular weight is 187 g/mol. The molecule has 1 aromatic rings. The molecule has 0 spiro atoms. The second kappa shape index (κ2) is 2.83. The van der Waals surface area contributed by atoms with Gasteiger partial charge in [0.05, 0.1) is 0 Å². The third kappa shape index (κ3) is 1.05. The van der Waals surface area contributed by atoms with E-state index in [0.29, 0.717) is 5.54 Å². The summed E-state index contributed by atoms with van der Waals surface area (Å²) < 4.78 is 0. The minimum Gasteiger partial charge on any atom is -0.304 e. The van der Waals surface area contributed by atoms with Crippen LogP contribution in [-0.2, 0) is 5.54 Å². The van der Waals surface area contributed by atoms with Gasteiger partial charge in [-0.2, -0.15) is 0 Å². The standard InChI is InChI=1S/C13H17N/c1-10-5-2-3-7-12(10)13-8-4-6-11(9-13)14-13/h2-3,5,7,11,14H,4,6,8-9H2,1H3. The van der Waals surface area contributed by atoms with Crippen LogP contribution in [0.4, 0.5) is 0 Å². The summed E-state index contributed by atoms with van der Waals surface area (Å²) in [7, 11) is 0. The Morgan fingerprint density at radius 1 is 1.36 bits per heavy atom. The molecule has 0 amide bonds. The molecular weight excluding hydrogens is 170 g/mol. The summed E-state index contributed by atoms with van der Waals surface area (Å²) >= 11 is 0. The van der Waals surface area contributed by atoms with E-state index in [2.05, 4.69) is 36.5 Å². The Balaban J connectivity index is 1.99. The molecule has 0 radical (unpaired) electrons. The summed E-state index contributed by atoms with van der Waals surface area (Å²) in [5, 5.41) is 3.75. The average Bonchev–Trinajstić information content (AvgIpc) is 2.18. The van der Waals surface area contributed by atoms with Gasteiger partial charge in [-0.15, -0.1) is 0 Å². The maximum Gasteiger partial charge on any atom is 0.0454 e. The molecule has 2 unspecified atom stereocenters. The largest absolute Gasteiger partial charge is 0.304 e. The second-order valence-corrected chi connectivity index (χ2v) is 4.83. The van der Waals surface area contributed by atoms with Crippen LogP contribution in [0.3, 0.4) is 0 Å². The van der Waals surface area contributed by atoms with Crippen molar-refractivity contribution in [1.82, 2.24) is 5.32 Å². The summed E-state index contributed by atoms with van der Waals surface area (Å²) in [5.74, 6) is 0. The van der Waals surface area contributed by atoms with E-state index in [4.69, 9.17) is 0 Å². The molecule has 74 valence electrons. The van der Waals surface area contributed by atoms with E-state index >= 15 is 0 Å². The zero-order valence-corrected chi connectivity index (χ0v) is 8.72. The van der Waals surface area contributed by atoms with E-state index in [1.54, 1.807) is 0 Å². The fraction of sp³-hybridized carbons (Fsp3) is 0.538. The Morgan fingerprint density at radius 2 is 2.14 bits per heavy atom.